The highest BCUT2D eigenvalue weighted by molar-refractivity contribution is 5.96. The number of rotatable bonds is 8. The van der Waals surface area contributed by atoms with Crippen LogP contribution in [0.1, 0.15) is 48.5 Å². The molecule has 5 heteroatoms. The second-order valence-electron chi connectivity index (χ2n) is 4.85. The first kappa shape index (κ1) is 17.0. The number of phenolic OH excluding ortho intramolecular Hbond substituents is 1. The topological polar surface area (TPSA) is 72.8 Å². The number of hydrogen-bond acceptors (Lipinski definition) is 5. The predicted molar refractivity (Wildman–Crippen MR) is 78.9 cm³/mol. The van der Waals surface area contributed by atoms with Gasteiger partial charge in [-0.1, -0.05) is 19.8 Å². The smallest absolute Gasteiger partial charge is 0.341 e. The Bertz CT molecular complexity index is 508. The lowest BCUT2D eigenvalue weighted by Crippen LogP contribution is -2.12. The van der Waals surface area contributed by atoms with Crippen LogP contribution in [0.3, 0.4) is 0 Å². The Morgan fingerprint density at radius 3 is 2.48 bits per heavy atom. The van der Waals surface area contributed by atoms with E-state index < -0.39 is 5.97 Å². The molecule has 0 heterocycles. The van der Waals surface area contributed by atoms with E-state index in [0.29, 0.717) is 12.0 Å². The van der Waals surface area contributed by atoms with Crippen molar-refractivity contribution < 1.29 is 24.2 Å². The molecule has 0 aromatic heterocycles. The van der Waals surface area contributed by atoms with Crippen LogP contribution in [0.25, 0.3) is 0 Å². The van der Waals surface area contributed by atoms with E-state index in [0.717, 1.165) is 19.3 Å². The summed E-state index contributed by atoms with van der Waals surface area (Å²) in [6.07, 6.45) is 3.42. The summed E-state index contributed by atoms with van der Waals surface area (Å²) in [5, 5.41) is 9.69. The number of Topliss-reactive ketones (excluding diaryl/α,β-unsaturated/α-hetero) is 1. The third-order valence-electron chi connectivity index (χ3n) is 3.22. The van der Waals surface area contributed by atoms with Gasteiger partial charge in [0.1, 0.15) is 22.8 Å². The largest absolute Gasteiger partial charge is 0.508 e. The first-order valence-corrected chi connectivity index (χ1v) is 7.03. The van der Waals surface area contributed by atoms with Gasteiger partial charge in [-0.15, -0.1) is 0 Å². The Kier molecular flexibility index (Phi) is 6.72. The lowest BCUT2D eigenvalue weighted by molar-refractivity contribution is -0.118. The summed E-state index contributed by atoms with van der Waals surface area (Å²) in [5.74, 6) is -0.390. The number of hydrogen-bond donors (Lipinski definition) is 1. The van der Waals surface area contributed by atoms with Crippen molar-refractivity contribution in [2.45, 2.75) is 39.0 Å². The Labute approximate surface area is 124 Å². The van der Waals surface area contributed by atoms with Crippen LogP contribution in [0.15, 0.2) is 12.1 Å². The molecule has 1 aromatic carbocycles. The molecule has 21 heavy (non-hydrogen) atoms. The lowest BCUT2D eigenvalue weighted by atomic mass is 9.98. The number of esters is 1. The van der Waals surface area contributed by atoms with Gasteiger partial charge in [0.05, 0.1) is 14.2 Å². The number of ketones is 1. The first-order chi connectivity index (χ1) is 10.0. The van der Waals surface area contributed by atoms with Crippen LogP contribution in [0.4, 0.5) is 0 Å². The fourth-order valence-electron chi connectivity index (χ4n) is 2.16. The van der Waals surface area contributed by atoms with Crippen LogP contribution in [0.2, 0.25) is 0 Å². The quantitative estimate of drug-likeness (QED) is 0.589. The Morgan fingerprint density at radius 1 is 1.19 bits per heavy atom. The standard InChI is InChI=1S/C16H22O5/c1-4-5-6-7-12(17)8-11-9-13(18)10-14(20-2)15(11)16(19)21-3/h9-10,18H,4-8H2,1-3H3. The molecule has 0 atom stereocenters. The molecule has 0 aliphatic heterocycles. The molecule has 116 valence electrons. The van der Waals surface area contributed by atoms with Gasteiger partial charge >= 0.3 is 5.97 Å². The minimum atomic E-state index is -0.580. The molecule has 0 saturated heterocycles. The molecule has 0 unspecified atom stereocenters. The fraction of sp³-hybridized carbons (Fsp3) is 0.500. The third kappa shape index (κ3) is 4.77. The summed E-state index contributed by atoms with van der Waals surface area (Å²) in [4.78, 5) is 23.9. The van der Waals surface area contributed by atoms with E-state index in [1.165, 1.54) is 26.4 Å². The number of methoxy groups -OCH3 is 2. The number of carbonyl (C=O) groups excluding carboxylic acids is 2. The van der Waals surface area contributed by atoms with E-state index in [4.69, 9.17) is 9.47 Å². The van der Waals surface area contributed by atoms with Crippen LogP contribution in [0.5, 0.6) is 11.5 Å². The van der Waals surface area contributed by atoms with Gasteiger partial charge in [-0.3, -0.25) is 4.79 Å². The molecule has 0 bridgehead atoms. The van der Waals surface area contributed by atoms with E-state index in [9.17, 15) is 14.7 Å². The zero-order valence-corrected chi connectivity index (χ0v) is 12.8. The van der Waals surface area contributed by atoms with Gasteiger partial charge in [-0.25, -0.2) is 4.79 Å². The van der Waals surface area contributed by atoms with Crippen molar-refractivity contribution in [3.8, 4) is 11.5 Å². The van der Waals surface area contributed by atoms with Crippen LogP contribution in [0, 0.1) is 0 Å². The van der Waals surface area contributed by atoms with E-state index in [2.05, 4.69) is 6.92 Å². The maximum atomic E-state index is 12.0. The number of benzene rings is 1. The van der Waals surface area contributed by atoms with Crippen LogP contribution in [-0.4, -0.2) is 31.1 Å². The number of phenols is 1. The lowest BCUT2D eigenvalue weighted by Gasteiger charge is -2.12. The summed E-state index contributed by atoms with van der Waals surface area (Å²) >= 11 is 0. The molecule has 1 rings (SSSR count). The molecule has 0 fully saturated rings. The maximum Gasteiger partial charge on any atom is 0.341 e. The van der Waals surface area contributed by atoms with Gasteiger partial charge in [0.2, 0.25) is 0 Å². The van der Waals surface area contributed by atoms with Gasteiger partial charge in [-0.2, -0.15) is 0 Å². The zero-order chi connectivity index (χ0) is 15.8. The van der Waals surface area contributed by atoms with Crippen molar-refractivity contribution in [1.82, 2.24) is 0 Å². The number of unbranched alkanes of at least 4 members (excludes halogenated alkanes) is 2. The molecule has 5 nitrogen and oxygen atoms in total. The van der Waals surface area contributed by atoms with E-state index >= 15 is 0 Å². The van der Waals surface area contributed by atoms with Gasteiger partial charge in [0.25, 0.3) is 0 Å². The number of aromatic hydroxyl groups is 1. The Morgan fingerprint density at radius 2 is 1.90 bits per heavy atom. The molecule has 0 aliphatic carbocycles. The first-order valence-electron chi connectivity index (χ1n) is 7.03. The monoisotopic (exact) mass is 294 g/mol. The molecule has 0 amide bonds. The van der Waals surface area contributed by atoms with Gasteiger partial charge < -0.3 is 14.6 Å². The predicted octanol–water partition coefficient (Wildman–Crippen LogP) is 2.88. The van der Waals surface area contributed by atoms with Crippen molar-refractivity contribution in [2.24, 2.45) is 0 Å². The molecule has 0 spiro atoms. The summed E-state index contributed by atoms with van der Waals surface area (Å²) in [7, 11) is 2.66. The van der Waals surface area contributed by atoms with Crippen molar-refractivity contribution >= 4 is 11.8 Å². The summed E-state index contributed by atoms with van der Waals surface area (Å²) in [6, 6.07) is 2.74. The molecule has 1 aromatic rings. The molecule has 0 aliphatic rings. The van der Waals surface area contributed by atoms with E-state index in [-0.39, 0.29) is 29.3 Å². The molecule has 0 radical (unpaired) electrons. The van der Waals surface area contributed by atoms with E-state index in [1.54, 1.807) is 0 Å². The number of ether oxygens (including phenoxy) is 2. The molecule has 1 N–H and O–H groups in total. The van der Waals surface area contributed by atoms with Crippen LogP contribution >= 0.6 is 0 Å². The second-order valence-corrected chi connectivity index (χ2v) is 4.85. The summed E-state index contributed by atoms with van der Waals surface area (Å²) in [6.45, 7) is 2.07. The fourth-order valence-corrected chi connectivity index (χ4v) is 2.16. The molecular weight excluding hydrogens is 272 g/mol. The number of carbonyl (C=O) groups is 2. The highest BCUT2D eigenvalue weighted by Gasteiger charge is 2.21. The third-order valence-corrected chi connectivity index (χ3v) is 3.22. The van der Waals surface area contributed by atoms with Crippen molar-refractivity contribution in [1.29, 1.82) is 0 Å². The summed E-state index contributed by atoms with van der Waals surface area (Å²) in [5.41, 5.74) is 0.627. The van der Waals surface area contributed by atoms with Crippen molar-refractivity contribution in [3.05, 3.63) is 23.3 Å². The average Bonchev–Trinajstić information content (AvgIpc) is 2.46. The minimum Gasteiger partial charge on any atom is -0.508 e. The van der Waals surface area contributed by atoms with Crippen LogP contribution < -0.4 is 4.74 Å². The SMILES string of the molecule is CCCCCC(=O)Cc1cc(O)cc(OC)c1C(=O)OC. The van der Waals surface area contributed by atoms with E-state index in [1.807, 2.05) is 0 Å². The van der Waals surface area contributed by atoms with Crippen molar-refractivity contribution in [2.75, 3.05) is 14.2 Å². The highest BCUT2D eigenvalue weighted by atomic mass is 16.5. The maximum absolute atomic E-state index is 12.0. The van der Waals surface area contributed by atoms with Crippen LogP contribution in [-0.2, 0) is 16.0 Å². The zero-order valence-electron chi connectivity index (χ0n) is 12.8. The molecule has 0 saturated carbocycles. The summed E-state index contributed by atoms with van der Waals surface area (Å²) < 4.78 is 9.83. The minimum absolute atomic E-state index is 0.0289. The van der Waals surface area contributed by atoms with Gasteiger partial charge in [0.15, 0.2) is 0 Å². The Balaban J connectivity index is 3.01. The van der Waals surface area contributed by atoms with Crippen molar-refractivity contribution in [3.63, 3.8) is 0 Å². The average molecular weight is 294 g/mol. The Hall–Kier alpha value is -2.04. The second kappa shape index (κ2) is 8.29. The van der Waals surface area contributed by atoms with Gasteiger partial charge in [0, 0.05) is 18.9 Å². The van der Waals surface area contributed by atoms with Gasteiger partial charge in [-0.05, 0) is 18.1 Å². The highest BCUT2D eigenvalue weighted by Crippen LogP contribution is 2.29. The molecular formula is C16H22O5. The normalized spacial score (nSPS) is 10.2.